The van der Waals surface area contributed by atoms with Crippen LogP contribution in [0.3, 0.4) is 0 Å². The van der Waals surface area contributed by atoms with Gasteiger partial charge in [0.25, 0.3) is 0 Å². The first-order chi connectivity index (χ1) is 8.10. The highest BCUT2D eigenvalue weighted by Gasteiger charge is 2.13. The van der Waals surface area contributed by atoms with Crippen molar-refractivity contribution in [3.63, 3.8) is 0 Å². The maximum atomic E-state index is 11.5. The Morgan fingerprint density at radius 3 is 2.76 bits per heavy atom. The van der Waals surface area contributed by atoms with Crippen LogP contribution in [0, 0.1) is 6.92 Å². The molecule has 17 heavy (non-hydrogen) atoms. The Morgan fingerprint density at radius 2 is 2.18 bits per heavy atom. The molecular weight excluding hydrogens is 214 g/mol. The van der Waals surface area contributed by atoms with Crippen molar-refractivity contribution in [2.75, 3.05) is 30.8 Å². The van der Waals surface area contributed by atoms with Crippen molar-refractivity contribution in [3.05, 3.63) is 23.8 Å². The van der Waals surface area contributed by atoms with Gasteiger partial charge in [0.2, 0.25) is 5.91 Å². The van der Waals surface area contributed by atoms with Crippen LogP contribution in [-0.4, -0.2) is 26.0 Å². The summed E-state index contributed by atoms with van der Waals surface area (Å²) >= 11 is 0. The van der Waals surface area contributed by atoms with Crippen LogP contribution in [0.5, 0.6) is 0 Å². The van der Waals surface area contributed by atoms with Crippen LogP contribution in [0.4, 0.5) is 11.4 Å². The molecule has 0 fully saturated rings. The van der Waals surface area contributed by atoms with E-state index in [4.69, 9.17) is 5.73 Å². The van der Waals surface area contributed by atoms with Gasteiger partial charge in [0.1, 0.15) is 0 Å². The Hall–Kier alpha value is -1.71. The molecule has 0 unspecified atom stereocenters. The molecule has 0 aromatic heterocycles. The van der Waals surface area contributed by atoms with E-state index in [1.807, 2.05) is 30.0 Å². The van der Waals surface area contributed by atoms with Gasteiger partial charge < -0.3 is 16.0 Å². The summed E-state index contributed by atoms with van der Waals surface area (Å²) in [6.07, 6.45) is 0.977. The van der Waals surface area contributed by atoms with Gasteiger partial charge in [-0.05, 0) is 25.0 Å². The van der Waals surface area contributed by atoms with E-state index in [1.54, 1.807) is 7.05 Å². The number of para-hydroxylation sites is 1. The summed E-state index contributed by atoms with van der Waals surface area (Å²) in [5, 5.41) is 2.64. The number of nitrogens with zero attached hydrogens (tertiary/aromatic N) is 1. The number of nitrogens with two attached hydrogens (primary N) is 1. The molecule has 1 aromatic carbocycles. The zero-order chi connectivity index (χ0) is 12.8. The maximum absolute atomic E-state index is 11.5. The second-order valence-electron chi connectivity index (χ2n) is 4.10. The first-order valence-corrected chi connectivity index (χ1v) is 5.90. The molecule has 0 saturated carbocycles. The highest BCUT2D eigenvalue weighted by molar-refractivity contribution is 5.83. The topological polar surface area (TPSA) is 58.4 Å². The predicted molar refractivity (Wildman–Crippen MR) is 72.2 cm³/mol. The number of carbonyl (C=O) groups excluding carboxylic acids is 1. The lowest BCUT2D eigenvalue weighted by Crippen LogP contribution is -2.36. The van der Waals surface area contributed by atoms with Crippen LogP contribution < -0.4 is 16.0 Å². The summed E-state index contributed by atoms with van der Waals surface area (Å²) < 4.78 is 0. The number of hydrogen-bond donors (Lipinski definition) is 2. The first-order valence-electron chi connectivity index (χ1n) is 5.90. The number of nitrogen functional groups attached to an aromatic ring is 1. The van der Waals surface area contributed by atoms with Gasteiger partial charge in [0.05, 0.1) is 17.9 Å². The van der Waals surface area contributed by atoms with E-state index in [1.165, 1.54) is 0 Å². The number of rotatable bonds is 5. The molecule has 0 aliphatic heterocycles. The number of carbonyl (C=O) groups is 1. The zero-order valence-electron chi connectivity index (χ0n) is 10.8. The number of aryl methyl sites for hydroxylation is 1. The smallest absolute Gasteiger partial charge is 0.239 e. The minimum atomic E-state index is -0.000596. The van der Waals surface area contributed by atoms with Crippen molar-refractivity contribution in [2.24, 2.45) is 0 Å². The molecule has 94 valence electrons. The lowest BCUT2D eigenvalue weighted by molar-refractivity contribution is -0.119. The third-order valence-corrected chi connectivity index (χ3v) is 2.75. The van der Waals surface area contributed by atoms with Crippen LogP contribution in [0.25, 0.3) is 0 Å². The fourth-order valence-electron chi connectivity index (χ4n) is 1.75. The normalized spacial score (nSPS) is 10.1. The average molecular weight is 235 g/mol. The zero-order valence-corrected chi connectivity index (χ0v) is 10.8. The molecular formula is C13H21N3O. The Balaban J connectivity index is 2.96. The van der Waals surface area contributed by atoms with E-state index in [9.17, 15) is 4.79 Å². The maximum Gasteiger partial charge on any atom is 0.239 e. The summed E-state index contributed by atoms with van der Waals surface area (Å²) in [4.78, 5) is 13.5. The fraction of sp³-hybridized carbons (Fsp3) is 0.462. The SMILES string of the molecule is CCCN(CC(=O)NC)c1cccc(C)c1N. The largest absolute Gasteiger partial charge is 0.397 e. The van der Waals surface area contributed by atoms with Crippen molar-refractivity contribution in [1.29, 1.82) is 0 Å². The molecule has 4 nitrogen and oxygen atoms in total. The Kier molecular flexibility index (Phi) is 4.82. The van der Waals surface area contributed by atoms with E-state index in [-0.39, 0.29) is 5.91 Å². The molecule has 0 aliphatic carbocycles. The summed E-state index contributed by atoms with van der Waals surface area (Å²) in [6.45, 7) is 5.23. The van der Waals surface area contributed by atoms with Gasteiger partial charge in [-0.2, -0.15) is 0 Å². The van der Waals surface area contributed by atoms with E-state index in [0.29, 0.717) is 6.54 Å². The molecule has 4 heteroatoms. The number of amides is 1. The molecule has 1 amide bonds. The minimum Gasteiger partial charge on any atom is -0.397 e. The molecule has 0 heterocycles. The number of anilines is 2. The molecule has 0 saturated heterocycles. The van der Waals surface area contributed by atoms with E-state index >= 15 is 0 Å². The van der Waals surface area contributed by atoms with Gasteiger partial charge in [-0.3, -0.25) is 4.79 Å². The summed E-state index contributed by atoms with van der Waals surface area (Å²) in [7, 11) is 1.64. The third-order valence-electron chi connectivity index (χ3n) is 2.75. The van der Waals surface area contributed by atoms with E-state index in [0.717, 1.165) is 29.9 Å². The lowest BCUT2D eigenvalue weighted by Gasteiger charge is -2.25. The van der Waals surface area contributed by atoms with Gasteiger partial charge >= 0.3 is 0 Å². The van der Waals surface area contributed by atoms with Crippen molar-refractivity contribution in [1.82, 2.24) is 5.32 Å². The predicted octanol–water partition coefficient (Wildman–Crippen LogP) is 1.54. The van der Waals surface area contributed by atoms with Crippen molar-refractivity contribution >= 4 is 17.3 Å². The molecule has 3 N–H and O–H groups in total. The molecule has 0 spiro atoms. The van der Waals surface area contributed by atoms with Crippen LogP contribution in [0.1, 0.15) is 18.9 Å². The van der Waals surface area contributed by atoms with Gasteiger partial charge in [-0.15, -0.1) is 0 Å². The standard InChI is InChI=1S/C13H21N3O/c1-4-8-16(9-12(17)15-3)11-7-5-6-10(2)13(11)14/h5-7H,4,8-9,14H2,1-3H3,(H,15,17). The third kappa shape index (κ3) is 3.37. The molecule has 0 atom stereocenters. The molecule has 0 radical (unpaired) electrons. The van der Waals surface area contributed by atoms with Crippen molar-refractivity contribution in [2.45, 2.75) is 20.3 Å². The highest BCUT2D eigenvalue weighted by atomic mass is 16.1. The number of benzene rings is 1. The number of likely N-dealkylation sites (N-methyl/N-ethyl adjacent to an activating group) is 1. The second-order valence-corrected chi connectivity index (χ2v) is 4.10. The Bertz CT molecular complexity index is 390. The van der Waals surface area contributed by atoms with Crippen molar-refractivity contribution < 1.29 is 4.79 Å². The molecule has 1 aromatic rings. The quantitative estimate of drug-likeness (QED) is 0.761. The molecule has 0 aliphatic rings. The number of nitrogens with one attached hydrogen (secondary N) is 1. The van der Waals surface area contributed by atoms with Gasteiger partial charge in [-0.1, -0.05) is 19.1 Å². The van der Waals surface area contributed by atoms with Gasteiger partial charge in [-0.25, -0.2) is 0 Å². The highest BCUT2D eigenvalue weighted by Crippen LogP contribution is 2.26. The Labute approximate surface area is 103 Å². The van der Waals surface area contributed by atoms with Crippen LogP contribution in [0.2, 0.25) is 0 Å². The van der Waals surface area contributed by atoms with Gasteiger partial charge in [0.15, 0.2) is 0 Å². The van der Waals surface area contributed by atoms with Gasteiger partial charge in [0, 0.05) is 13.6 Å². The lowest BCUT2D eigenvalue weighted by atomic mass is 10.1. The average Bonchev–Trinajstić information content (AvgIpc) is 2.32. The van der Waals surface area contributed by atoms with E-state index in [2.05, 4.69) is 12.2 Å². The van der Waals surface area contributed by atoms with Crippen LogP contribution >= 0.6 is 0 Å². The van der Waals surface area contributed by atoms with E-state index < -0.39 is 0 Å². The second kappa shape index (κ2) is 6.13. The number of hydrogen-bond acceptors (Lipinski definition) is 3. The summed E-state index contributed by atoms with van der Waals surface area (Å²) in [5.41, 5.74) is 8.79. The minimum absolute atomic E-state index is 0.000596. The fourth-order valence-corrected chi connectivity index (χ4v) is 1.75. The van der Waals surface area contributed by atoms with Crippen molar-refractivity contribution in [3.8, 4) is 0 Å². The molecule has 0 bridgehead atoms. The Morgan fingerprint density at radius 1 is 1.47 bits per heavy atom. The summed E-state index contributed by atoms with van der Waals surface area (Å²) in [5.74, 6) is -0.000596. The monoisotopic (exact) mass is 235 g/mol. The first kappa shape index (κ1) is 13.4. The summed E-state index contributed by atoms with van der Waals surface area (Å²) in [6, 6.07) is 5.90. The van der Waals surface area contributed by atoms with Crippen LogP contribution in [-0.2, 0) is 4.79 Å². The van der Waals surface area contributed by atoms with Crippen LogP contribution in [0.15, 0.2) is 18.2 Å². The molecule has 1 rings (SSSR count).